The molecule has 0 radical (unpaired) electrons. The monoisotopic (exact) mass is 448 g/mol. The summed E-state index contributed by atoms with van der Waals surface area (Å²) in [7, 11) is 0. The fourth-order valence-corrected chi connectivity index (χ4v) is 2.82. The highest BCUT2D eigenvalue weighted by atomic mass is 79.9. The van der Waals surface area contributed by atoms with Gasteiger partial charge in [0, 0.05) is 12.2 Å². The Bertz CT molecular complexity index is 1040. The molecule has 0 spiro atoms. The number of carbonyl (C=O) groups is 2. The van der Waals surface area contributed by atoms with Crippen molar-refractivity contribution < 1.29 is 19.1 Å². The van der Waals surface area contributed by atoms with Crippen molar-refractivity contribution in [2.75, 3.05) is 0 Å². The predicted molar refractivity (Wildman–Crippen MR) is 116 cm³/mol. The van der Waals surface area contributed by atoms with E-state index in [1.807, 2.05) is 60.7 Å². The fraction of sp³-hybridized carbons (Fsp3) is 0. The van der Waals surface area contributed by atoms with E-state index >= 15 is 0 Å². The molecule has 0 bridgehead atoms. The minimum Gasteiger partial charge on any atom is -0.423 e. The zero-order valence-corrected chi connectivity index (χ0v) is 16.9. The number of hydrogen-bond acceptors (Lipinski definition) is 4. The minimum atomic E-state index is -0.509. The van der Waals surface area contributed by atoms with Gasteiger partial charge >= 0.3 is 11.9 Å². The zero-order valence-electron chi connectivity index (χ0n) is 15.3. The van der Waals surface area contributed by atoms with E-state index in [0.29, 0.717) is 16.0 Å². The Kier molecular flexibility index (Phi) is 7.14. The normalized spacial score (nSPS) is 10.9. The lowest BCUT2D eigenvalue weighted by Gasteiger charge is -2.07. The average molecular weight is 449 g/mol. The molecule has 4 nitrogen and oxygen atoms in total. The van der Waals surface area contributed by atoms with Gasteiger partial charge in [0.1, 0.15) is 11.5 Å². The number of benzene rings is 3. The number of rotatable bonds is 6. The Morgan fingerprint density at radius 2 is 1.21 bits per heavy atom. The third-order valence-corrected chi connectivity index (χ3v) is 4.37. The smallest absolute Gasteiger partial charge is 0.336 e. The molecule has 5 heteroatoms. The maximum atomic E-state index is 12.0. The molecule has 3 rings (SSSR count). The van der Waals surface area contributed by atoms with Gasteiger partial charge in [-0.2, -0.15) is 0 Å². The highest BCUT2D eigenvalue weighted by Crippen LogP contribution is 2.29. The molecule has 0 aliphatic heterocycles. The van der Waals surface area contributed by atoms with Crippen LogP contribution in [0, 0.1) is 0 Å². The second-order valence-corrected chi connectivity index (χ2v) is 6.78. The highest BCUT2D eigenvalue weighted by molar-refractivity contribution is 9.10. The molecule has 0 unspecified atom stereocenters. The van der Waals surface area contributed by atoms with Crippen LogP contribution < -0.4 is 9.47 Å². The molecule has 0 heterocycles. The summed E-state index contributed by atoms with van der Waals surface area (Å²) in [5, 5.41) is 0. The molecular weight excluding hydrogens is 432 g/mol. The van der Waals surface area contributed by atoms with Gasteiger partial charge in [-0.1, -0.05) is 60.7 Å². The van der Waals surface area contributed by atoms with Crippen molar-refractivity contribution in [3.05, 3.63) is 107 Å². The van der Waals surface area contributed by atoms with E-state index in [2.05, 4.69) is 15.9 Å². The van der Waals surface area contributed by atoms with Crippen molar-refractivity contribution in [3.8, 4) is 11.5 Å². The number of halogens is 1. The summed E-state index contributed by atoms with van der Waals surface area (Å²) >= 11 is 3.33. The van der Waals surface area contributed by atoms with E-state index in [9.17, 15) is 9.59 Å². The van der Waals surface area contributed by atoms with Crippen LogP contribution in [0.25, 0.3) is 12.2 Å². The Balaban J connectivity index is 1.58. The third-order valence-electron chi connectivity index (χ3n) is 3.76. The first-order valence-electron chi connectivity index (χ1n) is 8.79. The minimum absolute atomic E-state index is 0.326. The molecule has 0 aliphatic carbocycles. The number of esters is 2. The molecule has 0 aliphatic rings. The molecule has 3 aromatic rings. The molecule has 3 aromatic carbocycles. The summed E-state index contributed by atoms with van der Waals surface area (Å²) in [4.78, 5) is 24.0. The van der Waals surface area contributed by atoms with Gasteiger partial charge in [-0.25, -0.2) is 9.59 Å². The average Bonchev–Trinajstić information content (AvgIpc) is 2.74. The van der Waals surface area contributed by atoms with Crippen molar-refractivity contribution in [1.29, 1.82) is 0 Å². The van der Waals surface area contributed by atoms with Gasteiger partial charge in [0.15, 0.2) is 0 Å². The standard InChI is InChI=1S/C24H17BrO4/c25-21-17-20(28-23(26)15-11-18-7-3-1-4-8-18)13-14-22(21)29-24(27)16-12-19-9-5-2-6-10-19/h1-17H/b15-11+,16-12+. The van der Waals surface area contributed by atoms with Crippen molar-refractivity contribution in [1.82, 2.24) is 0 Å². The summed E-state index contributed by atoms with van der Waals surface area (Å²) < 4.78 is 11.1. The van der Waals surface area contributed by atoms with Crippen LogP contribution in [0.2, 0.25) is 0 Å². The second kappa shape index (κ2) is 10.2. The predicted octanol–water partition coefficient (Wildman–Crippen LogP) is 5.69. The molecule has 29 heavy (non-hydrogen) atoms. The summed E-state index contributed by atoms with van der Waals surface area (Å²) in [5.41, 5.74) is 1.80. The van der Waals surface area contributed by atoms with E-state index in [0.717, 1.165) is 11.1 Å². The lowest BCUT2D eigenvalue weighted by Crippen LogP contribution is -2.06. The first-order valence-corrected chi connectivity index (χ1v) is 9.59. The molecule has 0 fully saturated rings. The van der Waals surface area contributed by atoms with Gasteiger partial charge in [-0.15, -0.1) is 0 Å². The lowest BCUT2D eigenvalue weighted by molar-refractivity contribution is -0.130. The van der Waals surface area contributed by atoms with Crippen LogP contribution in [0.15, 0.2) is 95.5 Å². The Labute approximate surface area is 177 Å². The van der Waals surface area contributed by atoms with Crippen molar-refractivity contribution in [2.24, 2.45) is 0 Å². The Morgan fingerprint density at radius 3 is 1.72 bits per heavy atom. The number of ether oxygens (including phenoxy) is 2. The molecule has 0 N–H and O–H groups in total. The maximum absolute atomic E-state index is 12.0. The Hall–Kier alpha value is -3.44. The lowest BCUT2D eigenvalue weighted by atomic mass is 10.2. The topological polar surface area (TPSA) is 52.6 Å². The number of carbonyl (C=O) groups excluding carboxylic acids is 2. The van der Waals surface area contributed by atoms with E-state index in [4.69, 9.17) is 9.47 Å². The molecule has 0 atom stereocenters. The first kappa shape index (κ1) is 20.3. The highest BCUT2D eigenvalue weighted by Gasteiger charge is 2.09. The zero-order chi connectivity index (χ0) is 20.5. The quantitative estimate of drug-likeness (QED) is 0.276. The molecule has 0 aromatic heterocycles. The van der Waals surface area contributed by atoms with Crippen LogP contribution in [-0.2, 0) is 9.59 Å². The van der Waals surface area contributed by atoms with Gasteiger partial charge in [0.25, 0.3) is 0 Å². The van der Waals surface area contributed by atoms with Gasteiger partial charge in [0.05, 0.1) is 4.47 Å². The van der Waals surface area contributed by atoms with Crippen molar-refractivity contribution in [2.45, 2.75) is 0 Å². The van der Waals surface area contributed by atoms with Crippen LogP contribution >= 0.6 is 15.9 Å². The van der Waals surface area contributed by atoms with E-state index in [1.165, 1.54) is 12.2 Å². The fourth-order valence-electron chi connectivity index (χ4n) is 2.38. The van der Waals surface area contributed by atoms with E-state index in [-0.39, 0.29) is 0 Å². The largest absolute Gasteiger partial charge is 0.423 e. The molecule has 0 saturated heterocycles. The van der Waals surface area contributed by atoms with Gasteiger partial charge < -0.3 is 9.47 Å². The summed E-state index contributed by atoms with van der Waals surface area (Å²) in [5.74, 6) is -0.354. The second-order valence-electron chi connectivity index (χ2n) is 5.92. The SMILES string of the molecule is O=C(/C=C/c1ccccc1)Oc1ccc(OC(=O)/C=C/c2ccccc2)c(Br)c1. The summed E-state index contributed by atoms with van der Waals surface area (Å²) in [6.45, 7) is 0. The van der Waals surface area contributed by atoms with Crippen LogP contribution in [0.1, 0.15) is 11.1 Å². The van der Waals surface area contributed by atoms with E-state index in [1.54, 1.807) is 30.4 Å². The van der Waals surface area contributed by atoms with Gasteiger partial charge in [-0.05, 0) is 57.4 Å². The number of hydrogen-bond donors (Lipinski definition) is 0. The van der Waals surface area contributed by atoms with Crippen LogP contribution in [-0.4, -0.2) is 11.9 Å². The third kappa shape index (κ3) is 6.59. The molecule has 144 valence electrons. The van der Waals surface area contributed by atoms with E-state index < -0.39 is 11.9 Å². The summed E-state index contributed by atoms with van der Waals surface area (Å²) in [6, 6.07) is 23.6. The molecule has 0 saturated carbocycles. The van der Waals surface area contributed by atoms with Gasteiger partial charge in [-0.3, -0.25) is 0 Å². The van der Waals surface area contributed by atoms with Crippen LogP contribution in [0.5, 0.6) is 11.5 Å². The maximum Gasteiger partial charge on any atom is 0.336 e. The Morgan fingerprint density at radius 1 is 0.690 bits per heavy atom. The van der Waals surface area contributed by atoms with Gasteiger partial charge in [0.2, 0.25) is 0 Å². The van der Waals surface area contributed by atoms with Crippen LogP contribution in [0.3, 0.4) is 0 Å². The van der Waals surface area contributed by atoms with Crippen molar-refractivity contribution >= 4 is 40.0 Å². The summed E-state index contributed by atoms with van der Waals surface area (Å²) in [6.07, 6.45) is 6.05. The molecule has 0 amide bonds. The molecular formula is C24H17BrO4. The van der Waals surface area contributed by atoms with Crippen LogP contribution in [0.4, 0.5) is 0 Å². The first-order chi connectivity index (χ1) is 14.1. The van der Waals surface area contributed by atoms with Crippen molar-refractivity contribution in [3.63, 3.8) is 0 Å².